The van der Waals surface area contributed by atoms with E-state index in [2.05, 4.69) is 0 Å². The van der Waals surface area contributed by atoms with Crippen molar-refractivity contribution in [2.24, 2.45) is 0 Å². The molecule has 0 atom stereocenters. The largest absolute Gasteiger partial charge is 1.00 e. The predicted molar refractivity (Wildman–Crippen MR) is 118 cm³/mol. The number of hydrogen-bond acceptors (Lipinski definition) is 22. The van der Waals surface area contributed by atoms with Crippen LogP contribution < -0.4 is 367 Å². The van der Waals surface area contributed by atoms with Crippen LogP contribution in [-0.2, 0) is 27.4 Å². The van der Waals surface area contributed by atoms with Gasteiger partial charge in [0.25, 0.3) is 0 Å². The van der Waals surface area contributed by atoms with Crippen molar-refractivity contribution in [1.82, 2.24) is 19.6 Å². The molecule has 0 bridgehead atoms. The third-order valence-corrected chi connectivity index (χ3v) is 8.92. The van der Waals surface area contributed by atoms with Gasteiger partial charge in [0.1, 0.15) is 0 Å². The molecule has 0 heterocycles. The minimum absolute atomic E-state index is 0. The van der Waals surface area contributed by atoms with Gasteiger partial charge in [-0.05, 0) is 0 Å². The van der Waals surface area contributed by atoms with E-state index in [1.807, 2.05) is 0 Å². The van der Waals surface area contributed by atoms with Crippen LogP contribution in [-0.4, -0.2) is 96.6 Å². The summed E-state index contributed by atoms with van der Waals surface area (Å²) in [7, 11) is -32.5. The van der Waals surface area contributed by atoms with E-state index in [1.165, 1.54) is 0 Å². The van der Waals surface area contributed by atoms with Crippen LogP contribution in [0.1, 0.15) is 8.56 Å². The van der Waals surface area contributed by atoms with Crippen molar-refractivity contribution in [2.45, 2.75) is 0 Å². The van der Waals surface area contributed by atoms with E-state index >= 15 is 0 Å². The number of rotatable bonds is 21. The van der Waals surface area contributed by atoms with E-state index in [-0.39, 0.29) is 317 Å². The molecule has 0 saturated heterocycles. The van der Waals surface area contributed by atoms with Crippen molar-refractivity contribution < 1.29 is 403 Å². The Morgan fingerprint density at radius 2 is 0.391 bits per heavy atom. The number of hydrogen-bond donors (Lipinski definition) is 0. The van der Waals surface area contributed by atoms with Gasteiger partial charge in [0, 0.05) is 77.0 Å². The Hall–Kier alpha value is 10.6. The molecule has 242 valence electrons. The molecule has 0 aromatic rings. The first-order chi connectivity index (χ1) is 17.5. The summed E-state index contributed by atoms with van der Waals surface area (Å²) in [5.41, 5.74) is 0. The molecule has 0 amide bonds. The molecule has 0 aliphatic heterocycles. The van der Waals surface area contributed by atoms with Crippen LogP contribution in [0, 0.1) is 0 Å². The van der Waals surface area contributed by atoms with E-state index in [0.29, 0.717) is 19.6 Å². The van der Waals surface area contributed by atoms with Crippen LogP contribution in [0.4, 0.5) is 0 Å². The second-order valence-corrected chi connectivity index (χ2v) is 17.6. The molecule has 34 heteroatoms. The van der Waals surface area contributed by atoms with E-state index in [1.54, 1.807) is 0 Å². The summed E-state index contributed by atoms with van der Waals surface area (Å²) in [5.74, 6) is 0. The summed E-state index contributed by atoms with van der Waals surface area (Å²) in [5, 5.41) is 0. The van der Waals surface area contributed by atoms with E-state index in [9.17, 15) is 86.1 Å². The van der Waals surface area contributed by atoms with Gasteiger partial charge in [0.05, 0.1) is 0 Å². The maximum atomic E-state index is 11.3. The summed E-state index contributed by atoms with van der Waals surface area (Å²) in [6.07, 6.45) is -8.51. The van der Waals surface area contributed by atoms with Gasteiger partial charge in [-0.1, -0.05) is 45.6 Å². The Kier molecular flexibility index (Phi) is 51.3. The fraction of sp³-hybridized carbons (Fsp3) is 1.00. The van der Waals surface area contributed by atoms with Gasteiger partial charge < -0.3 is 86.1 Å². The normalized spacial score (nSPS) is 12.8. The second-order valence-electron chi connectivity index (χ2n) is 8.54. The second kappa shape index (κ2) is 33.2. The zero-order valence-corrected chi connectivity index (χ0v) is 50.4. The minimum atomic E-state index is -5.42. The van der Waals surface area contributed by atoms with Crippen LogP contribution in [0.3, 0.4) is 0 Å². The molecule has 22 nitrogen and oxygen atoms in total. The van der Waals surface area contributed by atoms with Gasteiger partial charge in [-0.25, -0.2) is 0 Å². The van der Waals surface area contributed by atoms with Gasteiger partial charge in [-0.15, -0.1) is 0 Å². The van der Waals surface area contributed by atoms with Crippen molar-refractivity contribution >= 4 is 45.6 Å². The zero-order valence-electron chi connectivity index (χ0n) is 32.3. The summed E-state index contributed by atoms with van der Waals surface area (Å²) in [4.78, 5) is 135. The molecule has 0 spiro atoms. The SMILES string of the molecule is O=P([O-])([O-])CN(CCN(CCN(CP(=O)([O-])[O-])CP(=O)([O-])[O-])CP(=O)([O-])[O-])CCN(CP(=O)([O-])[O-])CP(=O)([O-])[O-].[H+].[H+].[H+].[H+].[H+].[H+].[K+].[K+].[K+].[K+].[K+].[K+]. The monoisotopic (exact) mass is 938 g/mol. The first-order valence-electron chi connectivity index (χ1n) is 10.5. The van der Waals surface area contributed by atoms with Crippen LogP contribution in [0.15, 0.2) is 0 Å². The van der Waals surface area contributed by atoms with Gasteiger partial charge in [0.15, 0.2) is 0 Å². The average molecular weight is 939 g/mol. The molecular weight excluding hydrogens is 909 g/mol. The van der Waals surface area contributed by atoms with Crippen LogP contribution in [0.5, 0.6) is 0 Å². The van der Waals surface area contributed by atoms with E-state index in [0.717, 1.165) is 0 Å². The average Bonchev–Trinajstić information content (AvgIpc) is 2.60. The van der Waals surface area contributed by atoms with Crippen molar-refractivity contribution in [2.75, 3.05) is 77.0 Å². The van der Waals surface area contributed by atoms with Crippen LogP contribution in [0.2, 0.25) is 0 Å². The fourth-order valence-electron chi connectivity index (χ4n) is 3.20. The van der Waals surface area contributed by atoms with Gasteiger partial charge >= 0.3 is 317 Å². The fourth-order valence-corrected chi connectivity index (χ4v) is 7.98. The van der Waals surface area contributed by atoms with Crippen molar-refractivity contribution in [3.05, 3.63) is 0 Å². The third kappa shape index (κ3) is 50.7. The van der Waals surface area contributed by atoms with Crippen LogP contribution >= 0.6 is 45.6 Å². The molecule has 0 aliphatic carbocycles. The third-order valence-electron chi connectivity index (χ3n) is 4.44. The molecule has 0 fully saturated rings. The van der Waals surface area contributed by atoms with Crippen molar-refractivity contribution in [3.63, 3.8) is 0 Å². The maximum absolute atomic E-state index is 11.3. The topological polar surface area (TPSA) is 392 Å². The van der Waals surface area contributed by atoms with Crippen LogP contribution in [0.25, 0.3) is 0 Å². The Bertz CT molecular complexity index is 994. The predicted octanol–water partition coefficient (Wildman–Crippen LogP) is -27.9. The Morgan fingerprint density at radius 1 is 0.283 bits per heavy atom. The molecule has 0 aliphatic rings. The first kappa shape index (κ1) is 71.1. The Balaban J connectivity index is -0.000000115. The molecule has 0 aromatic carbocycles. The zero-order chi connectivity index (χ0) is 31.8. The molecule has 0 aromatic heterocycles. The van der Waals surface area contributed by atoms with Gasteiger partial charge in [-0.3, -0.25) is 19.6 Å². The van der Waals surface area contributed by atoms with E-state index < -0.39 is 123 Å². The first-order valence-corrected chi connectivity index (χ1v) is 20.8. The summed E-state index contributed by atoms with van der Waals surface area (Å²) in [6, 6.07) is 0. The summed E-state index contributed by atoms with van der Waals surface area (Å²) >= 11 is 0. The molecule has 46 heavy (non-hydrogen) atoms. The minimum Gasteiger partial charge on any atom is -0.810 e. The van der Waals surface area contributed by atoms with Gasteiger partial charge in [0.2, 0.25) is 0 Å². The summed E-state index contributed by atoms with van der Waals surface area (Å²) in [6.45, 7) is -4.20. The molecule has 0 rings (SSSR count). The molecule has 0 radical (unpaired) electrons. The maximum Gasteiger partial charge on any atom is 1.00 e. The number of nitrogens with zero attached hydrogens (tertiary/aromatic N) is 4. The van der Waals surface area contributed by atoms with Crippen molar-refractivity contribution in [3.8, 4) is 0 Å². The quantitative estimate of drug-likeness (QED) is 0.0761. The Labute approximate surface area is 531 Å². The smallest absolute Gasteiger partial charge is 0.810 e. The Morgan fingerprint density at radius 3 is 0.522 bits per heavy atom. The molecule has 0 N–H and O–H groups in total. The molecular formula is C12H30K6N4O18P6. The van der Waals surface area contributed by atoms with Crippen molar-refractivity contribution in [1.29, 1.82) is 0 Å². The molecule has 0 unspecified atom stereocenters. The van der Waals surface area contributed by atoms with E-state index in [4.69, 9.17) is 0 Å². The standard InChI is InChI=1S/C12H36N4O18P6.6K/c17-35(18,19)7-13(3-5-15(9-37(23,24)25)10-38(26,27)28)1-2-14(8-36(20,21)22)4-6-16(11-39(29,30)31)12-40(32,33)34;;;;;;/h1-12H2,(H2,17,18,19)(H2,20,21,22)(H2,23,24,25)(H2,26,27,28)(H2,29,30,31)(H2,32,33,34);;;;;;/q;6*+1/p-6. The van der Waals surface area contributed by atoms with Gasteiger partial charge in [-0.2, -0.15) is 0 Å². The molecule has 0 saturated carbocycles. The summed E-state index contributed by atoms with van der Waals surface area (Å²) < 4.78 is 66.7.